The van der Waals surface area contributed by atoms with E-state index in [4.69, 9.17) is 0 Å². The summed E-state index contributed by atoms with van der Waals surface area (Å²) in [4.78, 5) is 29.7. The van der Waals surface area contributed by atoms with Crippen LogP contribution in [-0.2, 0) is 11.3 Å². The van der Waals surface area contributed by atoms with Crippen LogP contribution in [0.4, 0.5) is 5.69 Å². The van der Waals surface area contributed by atoms with Crippen molar-refractivity contribution in [3.05, 3.63) is 53.0 Å². The van der Waals surface area contributed by atoms with E-state index in [9.17, 15) is 9.59 Å². The molecule has 2 aliphatic rings. The van der Waals surface area contributed by atoms with Crippen molar-refractivity contribution < 1.29 is 9.59 Å². The van der Waals surface area contributed by atoms with Crippen molar-refractivity contribution in [3.63, 3.8) is 0 Å². The predicted octanol–water partition coefficient (Wildman–Crippen LogP) is 6.19. The van der Waals surface area contributed by atoms with Crippen molar-refractivity contribution in [1.82, 2.24) is 9.88 Å². The molecule has 0 saturated heterocycles. The highest BCUT2D eigenvalue weighted by Crippen LogP contribution is 2.38. The predicted molar refractivity (Wildman–Crippen MR) is 140 cm³/mol. The monoisotopic (exact) mass is 477 g/mol. The third-order valence-corrected chi connectivity index (χ3v) is 9.09. The van der Waals surface area contributed by atoms with Gasteiger partial charge in [0.2, 0.25) is 5.91 Å². The summed E-state index contributed by atoms with van der Waals surface area (Å²) in [6.45, 7) is 11.2. The van der Waals surface area contributed by atoms with Gasteiger partial charge in [-0.05, 0) is 66.3 Å². The maximum Gasteiger partial charge on any atom is 0.275 e. The van der Waals surface area contributed by atoms with Gasteiger partial charge in [-0.2, -0.15) is 0 Å². The lowest BCUT2D eigenvalue weighted by atomic mass is 9.77. The van der Waals surface area contributed by atoms with Crippen molar-refractivity contribution in [1.29, 1.82) is 0 Å². The lowest BCUT2D eigenvalue weighted by molar-refractivity contribution is -0.128. The van der Waals surface area contributed by atoms with Gasteiger partial charge in [0.05, 0.1) is 16.8 Å². The molecule has 4 atom stereocenters. The minimum absolute atomic E-state index is 0.0672. The van der Waals surface area contributed by atoms with Crippen molar-refractivity contribution in [3.8, 4) is 0 Å². The second-order valence-corrected chi connectivity index (χ2v) is 11.7. The first-order chi connectivity index (χ1) is 16.2. The molecule has 0 spiro atoms. The molecule has 0 bridgehead atoms. The third-order valence-electron chi connectivity index (χ3n) is 8.23. The number of fused-ring (bicyclic) bond motifs is 3. The highest BCUT2D eigenvalue weighted by molar-refractivity contribution is 7.17. The molecule has 1 aliphatic carbocycles. The summed E-state index contributed by atoms with van der Waals surface area (Å²) >= 11 is 1.63. The Hall–Kier alpha value is -2.60. The first-order valence-electron chi connectivity index (χ1n) is 12.5. The summed E-state index contributed by atoms with van der Waals surface area (Å²) in [5.74, 6) is 1.22. The Balaban J connectivity index is 1.57. The van der Waals surface area contributed by atoms with Crippen LogP contribution in [-0.4, -0.2) is 28.0 Å². The standard InChI is InChI=1S/C28H35N3O2S/c1-17(2)20-9-11-21(12-10-20)31-26(32)24-15-25-23(13-14-34-25)30(24)16-28(31,5)27(33)29-22-8-6-7-18(3)19(22)4/h9-15,17-19,22H,6-8,16H2,1-5H3,(H,29,33)/t18-,19-,22+,28+/m0/s1. The number of carbonyl (C=O) groups excluding carboxylic acids is 2. The number of nitrogens with one attached hydrogen (secondary N) is 1. The third kappa shape index (κ3) is 3.67. The Morgan fingerprint density at radius 3 is 2.59 bits per heavy atom. The van der Waals surface area contributed by atoms with Gasteiger partial charge in [-0.25, -0.2) is 0 Å². The minimum Gasteiger partial charge on any atom is -0.351 e. The minimum atomic E-state index is -1.03. The lowest BCUT2D eigenvalue weighted by Crippen LogP contribution is -2.66. The molecule has 5 rings (SSSR count). The SMILES string of the molecule is CC(C)c1ccc(N2C(=O)c3cc4sccc4n3C[C@]2(C)C(=O)N[C@@H]2CCC[C@H](C)[C@@H]2C)cc1. The molecule has 6 heteroatoms. The molecule has 3 heterocycles. The van der Waals surface area contributed by atoms with Crippen LogP contribution in [0.15, 0.2) is 41.8 Å². The smallest absolute Gasteiger partial charge is 0.275 e. The zero-order chi connectivity index (χ0) is 24.2. The lowest BCUT2D eigenvalue weighted by Gasteiger charge is -2.45. The molecular formula is C28H35N3O2S. The molecule has 1 aromatic carbocycles. The van der Waals surface area contributed by atoms with E-state index in [1.807, 2.05) is 41.1 Å². The largest absolute Gasteiger partial charge is 0.351 e. The number of anilines is 1. The van der Waals surface area contributed by atoms with Crippen molar-refractivity contribution in [2.45, 2.75) is 77.9 Å². The molecule has 1 aliphatic heterocycles. The van der Waals surface area contributed by atoms with Crippen LogP contribution >= 0.6 is 11.3 Å². The van der Waals surface area contributed by atoms with Gasteiger partial charge in [0.25, 0.3) is 5.91 Å². The van der Waals surface area contributed by atoms with Gasteiger partial charge < -0.3 is 9.88 Å². The molecule has 1 saturated carbocycles. The molecule has 1 fully saturated rings. The fourth-order valence-electron chi connectivity index (χ4n) is 5.74. The first-order valence-corrected chi connectivity index (χ1v) is 13.4. The summed E-state index contributed by atoms with van der Waals surface area (Å²) in [6.07, 6.45) is 3.33. The molecule has 34 heavy (non-hydrogen) atoms. The van der Waals surface area contributed by atoms with Gasteiger partial charge in [0, 0.05) is 11.7 Å². The summed E-state index contributed by atoms with van der Waals surface area (Å²) in [7, 11) is 0. The number of aromatic nitrogens is 1. The Bertz CT molecular complexity index is 1220. The van der Waals surface area contributed by atoms with Gasteiger partial charge in [0.1, 0.15) is 11.2 Å². The number of nitrogens with zero attached hydrogens (tertiary/aromatic N) is 2. The van der Waals surface area contributed by atoms with E-state index in [1.165, 1.54) is 12.0 Å². The van der Waals surface area contributed by atoms with E-state index >= 15 is 0 Å². The van der Waals surface area contributed by atoms with E-state index in [2.05, 4.69) is 45.1 Å². The fraction of sp³-hybridized carbons (Fsp3) is 0.500. The van der Waals surface area contributed by atoms with Gasteiger partial charge in [-0.3, -0.25) is 14.5 Å². The van der Waals surface area contributed by atoms with Crippen molar-refractivity contribution >= 4 is 39.1 Å². The van der Waals surface area contributed by atoms with Crippen LogP contribution in [0.2, 0.25) is 0 Å². The number of hydrogen-bond acceptors (Lipinski definition) is 3. The van der Waals surface area contributed by atoms with E-state index in [1.54, 1.807) is 16.2 Å². The highest BCUT2D eigenvalue weighted by Gasteiger charge is 2.49. The Labute approximate surface area is 206 Å². The number of thiophene rings is 1. The van der Waals surface area contributed by atoms with Crippen LogP contribution < -0.4 is 10.2 Å². The van der Waals surface area contributed by atoms with E-state index in [0.29, 0.717) is 30.0 Å². The average Bonchev–Trinajstić information content (AvgIpc) is 3.40. The number of rotatable bonds is 4. The van der Waals surface area contributed by atoms with E-state index in [-0.39, 0.29) is 17.9 Å². The maximum absolute atomic E-state index is 14.0. The second-order valence-electron chi connectivity index (χ2n) is 10.8. The zero-order valence-corrected chi connectivity index (χ0v) is 21.6. The second kappa shape index (κ2) is 8.56. The van der Waals surface area contributed by atoms with Gasteiger partial charge in [-0.1, -0.05) is 52.7 Å². The van der Waals surface area contributed by atoms with E-state index < -0.39 is 5.54 Å². The van der Waals surface area contributed by atoms with Gasteiger partial charge in [0.15, 0.2) is 0 Å². The van der Waals surface area contributed by atoms with Gasteiger partial charge >= 0.3 is 0 Å². The molecule has 2 amide bonds. The van der Waals surface area contributed by atoms with Crippen LogP contribution in [0.3, 0.4) is 0 Å². The highest BCUT2D eigenvalue weighted by atomic mass is 32.1. The number of amides is 2. The molecule has 5 nitrogen and oxygen atoms in total. The Kier molecular flexibility index (Phi) is 5.83. The molecule has 0 unspecified atom stereocenters. The molecule has 2 aromatic heterocycles. The maximum atomic E-state index is 14.0. The Morgan fingerprint density at radius 1 is 1.15 bits per heavy atom. The van der Waals surface area contributed by atoms with Crippen LogP contribution in [0.1, 0.15) is 75.9 Å². The van der Waals surface area contributed by atoms with Crippen LogP contribution in [0, 0.1) is 11.8 Å². The van der Waals surface area contributed by atoms with Crippen molar-refractivity contribution in [2.75, 3.05) is 4.90 Å². The quantitative estimate of drug-likeness (QED) is 0.487. The summed E-state index contributed by atoms with van der Waals surface area (Å²) in [5.41, 5.74) is 2.64. The van der Waals surface area contributed by atoms with E-state index in [0.717, 1.165) is 28.7 Å². The molecule has 3 aromatic rings. The normalized spacial score (nSPS) is 27.3. The molecule has 180 valence electrons. The fourth-order valence-corrected chi connectivity index (χ4v) is 6.56. The summed E-state index contributed by atoms with van der Waals surface area (Å²) in [5, 5.41) is 5.42. The molecule has 0 radical (unpaired) electrons. The number of hydrogen-bond donors (Lipinski definition) is 1. The van der Waals surface area contributed by atoms with Gasteiger partial charge in [-0.15, -0.1) is 11.3 Å². The summed E-state index contributed by atoms with van der Waals surface area (Å²) < 4.78 is 3.12. The number of carbonyl (C=O) groups is 2. The Morgan fingerprint density at radius 2 is 1.88 bits per heavy atom. The topological polar surface area (TPSA) is 54.3 Å². The summed E-state index contributed by atoms with van der Waals surface area (Å²) in [6, 6.07) is 12.3. The zero-order valence-electron chi connectivity index (χ0n) is 20.8. The molecular weight excluding hydrogens is 442 g/mol. The van der Waals surface area contributed by atoms with Crippen LogP contribution in [0.5, 0.6) is 0 Å². The molecule has 1 N–H and O–H groups in total. The van der Waals surface area contributed by atoms with Crippen molar-refractivity contribution in [2.24, 2.45) is 11.8 Å². The average molecular weight is 478 g/mol. The number of benzene rings is 1. The van der Waals surface area contributed by atoms with Crippen LogP contribution in [0.25, 0.3) is 10.2 Å². The first kappa shape index (κ1) is 23.2.